The molecule has 28 heavy (non-hydrogen) atoms. The topological polar surface area (TPSA) is 65.1 Å². The summed E-state index contributed by atoms with van der Waals surface area (Å²) in [6.45, 7) is 1.27. The zero-order chi connectivity index (χ0) is 19.3. The van der Waals surface area contributed by atoms with Crippen molar-refractivity contribution in [1.82, 2.24) is 20.6 Å². The molecule has 4 aromatic rings. The van der Waals surface area contributed by atoms with Crippen molar-refractivity contribution in [2.45, 2.75) is 13.0 Å². The van der Waals surface area contributed by atoms with Crippen LogP contribution in [-0.2, 0) is 13.0 Å². The van der Waals surface area contributed by atoms with Crippen molar-refractivity contribution >= 4 is 27.6 Å². The quantitative estimate of drug-likeness (QED) is 0.368. The Bertz CT molecular complexity index is 1130. The van der Waals surface area contributed by atoms with Crippen LogP contribution in [0.1, 0.15) is 11.3 Å². The molecule has 5 nitrogen and oxygen atoms in total. The third-order valence-corrected chi connectivity index (χ3v) is 4.82. The molecule has 0 saturated heterocycles. The van der Waals surface area contributed by atoms with E-state index in [9.17, 15) is 4.39 Å². The average Bonchev–Trinajstić information content (AvgIpc) is 3.12. The summed E-state index contributed by atoms with van der Waals surface area (Å²) in [5.41, 5.74) is 3.00. The Hall–Kier alpha value is -3.41. The molecule has 0 unspecified atom stereocenters. The van der Waals surface area contributed by atoms with Crippen LogP contribution in [0.5, 0.6) is 0 Å². The van der Waals surface area contributed by atoms with Gasteiger partial charge >= 0.3 is 0 Å². The number of aromatic nitrogens is 2. The molecule has 4 rings (SSSR count). The lowest BCUT2D eigenvalue weighted by atomic mass is 10.1. The zero-order valence-corrected chi connectivity index (χ0v) is 15.7. The second-order valence-corrected chi connectivity index (χ2v) is 6.59. The summed E-state index contributed by atoms with van der Waals surface area (Å²) >= 11 is 0. The molecule has 2 aromatic heterocycles. The highest BCUT2D eigenvalue weighted by Crippen LogP contribution is 2.19. The molecule has 0 aliphatic heterocycles. The molecule has 6 heteroatoms. The number of H-pyrrole nitrogens is 1. The number of halogens is 1. The first-order valence-corrected chi connectivity index (χ1v) is 9.27. The molecule has 0 bridgehead atoms. The average molecular weight is 375 g/mol. The summed E-state index contributed by atoms with van der Waals surface area (Å²) in [6.07, 6.45) is 4.52. The molecule has 0 radical (unpaired) electrons. The van der Waals surface area contributed by atoms with E-state index < -0.39 is 0 Å². The van der Waals surface area contributed by atoms with Gasteiger partial charge in [0.15, 0.2) is 5.96 Å². The molecule has 142 valence electrons. The zero-order valence-electron chi connectivity index (χ0n) is 15.7. The van der Waals surface area contributed by atoms with Crippen LogP contribution >= 0.6 is 0 Å². The third-order valence-electron chi connectivity index (χ3n) is 4.82. The third kappa shape index (κ3) is 3.81. The predicted molar refractivity (Wildman–Crippen MR) is 112 cm³/mol. The maximum absolute atomic E-state index is 13.5. The Balaban J connectivity index is 1.36. The van der Waals surface area contributed by atoms with Crippen molar-refractivity contribution < 1.29 is 4.39 Å². The first-order chi connectivity index (χ1) is 13.7. The van der Waals surface area contributed by atoms with E-state index in [1.165, 1.54) is 11.5 Å². The summed E-state index contributed by atoms with van der Waals surface area (Å²) in [6, 6.07) is 15.0. The smallest absolute Gasteiger partial charge is 0.191 e. The standard InChI is InChI=1S/C22H22FN5/c1-24-22(28-14-21-18-5-3-2-4-15(18)8-10-25-21)26-11-9-16-13-27-20-7-6-17(23)12-19(16)20/h2-8,10,12-13,27H,9,11,14H2,1H3,(H2,24,26,28). The van der Waals surface area contributed by atoms with Crippen LogP contribution in [0.4, 0.5) is 4.39 Å². The number of guanidine groups is 1. The fourth-order valence-electron chi connectivity index (χ4n) is 3.38. The number of aliphatic imine (C=N–C) groups is 1. The first-order valence-electron chi connectivity index (χ1n) is 9.27. The lowest BCUT2D eigenvalue weighted by Crippen LogP contribution is -2.38. The molecular weight excluding hydrogens is 353 g/mol. The summed E-state index contributed by atoms with van der Waals surface area (Å²) in [5, 5.41) is 9.85. The minimum absolute atomic E-state index is 0.221. The minimum Gasteiger partial charge on any atom is -0.361 e. The molecule has 2 heterocycles. The second-order valence-electron chi connectivity index (χ2n) is 6.59. The van der Waals surface area contributed by atoms with Crippen molar-refractivity contribution in [3.05, 3.63) is 78.0 Å². The van der Waals surface area contributed by atoms with Crippen LogP contribution in [0, 0.1) is 5.82 Å². The van der Waals surface area contributed by atoms with Gasteiger partial charge in [-0.1, -0.05) is 24.3 Å². The van der Waals surface area contributed by atoms with Crippen LogP contribution < -0.4 is 10.6 Å². The van der Waals surface area contributed by atoms with Crippen molar-refractivity contribution in [1.29, 1.82) is 0 Å². The Kier molecular flexibility index (Phi) is 5.19. The number of nitrogens with one attached hydrogen (secondary N) is 3. The van der Waals surface area contributed by atoms with Crippen molar-refractivity contribution in [3.63, 3.8) is 0 Å². The Labute approximate surface area is 162 Å². The number of nitrogens with zero attached hydrogens (tertiary/aromatic N) is 2. The number of hydrogen-bond acceptors (Lipinski definition) is 2. The van der Waals surface area contributed by atoms with Gasteiger partial charge in [-0.25, -0.2) is 4.39 Å². The Morgan fingerprint density at radius 2 is 2.00 bits per heavy atom. The van der Waals surface area contributed by atoms with E-state index in [0.717, 1.165) is 34.0 Å². The number of benzene rings is 2. The van der Waals surface area contributed by atoms with E-state index in [0.29, 0.717) is 19.0 Å². The van der Waals surface area contributed by atoms with Crippen molar-refractivity contribution in [3.8, 4) is 0 Å². The molecular formula is C22H22FN5. The molecule has 0 atom stereocenters. The van der Waals surface area contributed by atoms with E-state index >= 15 is 0 Å². The molecule has 0 amide bonds. The van der Waals surface area contributed by atoms with Crippen LogP contribution in [0.15, 0.2) is 65.9 Å². The van der Waals surface area contributed by atoms with E-state index in [-0.39, 0.29) is 5.82 Å². The van der Waals surface area contributed by atoms with Crippen LogP contribution in [0.2, 0.25) is 0 Å². The molecule has 0 aliphatic carbocycles. The van der Waals surface area contributed by atoms with Gasteiger partial charge in [0, 0.05) is 42.3 Å². The summed E-state index contributed by atoms with van der Waals surface area (Å²) in [4.78, 5) is 12.0. The maximum Gasteiger partial charge on any atom is 0.191 e. The van der Waals surface area contributed by atoms with Gasteiger partial charge in [0.2, 0.25) is 0 Å². The summed E-state index contributed by atoms with van der Waals surface area (Å²) < 4.78 is 13.5. The lowest BCUT2D eigenvalue weighted by molar-refractivity contribution is 0.629. The maximum atomic E-state index is 13.5. The number of rotatable bonds is 5. The molecule has 0 aliphatic rings. The largest absolute Gasteiger partial charge is 0.361 e. The fraction of sp³-hybridized carbons (Fsp3) is 0.182. The number of pyridine rings is 1. The van der Waals surface area contributed by atoms with E-state index in [1.807, 2.05) is 30.6 Å². The van der Waals surface area contributed by atoms with Gasteiger partial charge in [-0.2, -0.15) is 0 Å². The summed E-state index contributed by atoms with van der Waals surface area (Å²) in [5.74, 6) is 0.488. The number of aromatic amines is 1. The lowest BCUT2D eigenvalue weighted by Gasteiger charge is -2.12. The predicted octanol–water partition coefficient (Wildman–Crippen LogP) is 3.76. The van der Waals surface area contributed by atoms with E-state index in [4.69, 9.17) is 0 Å². The number of hydrogen-bond donors (Lipinski definition) is 3. The van der Waals surface area contributed by atoms with E-state index in [1.54, 1.807) is 19.2 Å². The van der Waals surface area contributed by atoms with Gasteiger partial charge in [-0.3, -0.25) is 9.98 Å². The SMILES string of the molecule is CN=C(NCCc1c[nH]c2ccc(F)cc12)NCc1nccc2ccccc12. The van der Waals surface area contributed by atoms with Crippen molar-refractivity contribution in [2.75, 3.05) is 13.6 Å². The molecule has 0 fully saturated rings. The van der Waals surface area contributed by atoms with Crippen molar-refractivity contribution in [2.24, 2.45) is 4.99 Å². The highest BCUT2D eigenvalue weighted by molar-refractivity contribution is 5.85. The van der Waals surface area contributed by atoms with Gasteiger partial charge in [0.05, 0.1) is 12.2 Å². The fourth-order valence-corrected chi connectivity index (χ4v) is 3.38. The molecule has 3 N–H and O–H groups in total. The first kappa shape index (κ1) is 18.0. The minimum atomic E-state index is -0.221. The summed E-state index contributed by atoms with van der Waals surface area (Å²) in [7, 11) is 1.74. The molecule has 0 saturated carbocycles. The molecule has 0 spiro atoms. The van der Waals surface area contributed by atoms with Gasteiger partial charge in [0.1, 0.15) is 5.82 Å². The molecule has 2 aromatic carbocycles. The van der Waals surface area contributed by atoms with Gasteiger partial charge in [0.25, 0.3) is 0 Å². The van der Waals surface area contributed by atoms with E-state index in [2.05, 4.69) is 37.7 Å². The Morgan fingerprint density at radius 1 is 1.11 bits per heavy atom. The van der Waals surface area contributed by atoms with Gasteiger partial charge < -0.3 is 15.6 Å². The van der Waals surface area contributed by atoms with Gasteiger partial charge in [-0.15, -0.1) is 0 Å². The van der Waals surface area contributed by atoms with Crippen LogP contribution in [-0.4, -0.2) is 29.5 Å². The normalized spacial score (nSPS) is 11.9. The second kappa shape index (κ2) is 8.08. The van der Waals surface area contributed by atoms with Crippen LogP contribution in [0.3, 0.4) is 0 Å². The highest BCUT2D eigenvalue weighted by Gasteiger charge is 2.06. The Morgan fingerprint density at radius 3 is 2.89 bits per heavy atom. The number of fused-ring (bicyclic) bond motifs is 2. The van der Waals surface area contributed by atoms with Gasteiger partial charge in [-0.05, 0) is 41.6 Å². The monoisotopic (exact) mass is 375 g/mol. The van der Waals surface area contributed by atoms with Crippen LogP contribution in [0.25, 0.3) is 21.7 Å². The highest BCUT2D eigenvalue weighted by atomic mass is 19.1.